The molecule has 0 atom stereocenters. The Balaban J connectivity index is -0.0000000579. The fourth-order valence-electron chi connectivity index (χ4n) is 5.33. The average Bonchev–Trinajstić information content (AvgIpc) is 1.78. The fraction of sp³-hybridized carbons (Fsp3) is 0.915. The molecule has 0 N–H and O–H groups in total. The quantitative estimate of drug-likeness (QED) is 0.105. The van der Waals surface area contributed by atoms with Crippen molar-refractivity contribution >= 4 is 0 Å². The van der Waals surface area contributed by atoms with Crippen LogP contribution in [0.1, 0.15) is 512 Å². The van der Waals surface area contributed by atoms with Gasteiger partial charge in [0, 0.05) is 45.3 Å². The summed E-state index contributed by atoms with van der Waals surface area (Å²) in [5, 5.41) is 7.82. The van der Waals surface area contributed by atoms with Crippen LogP contribution in [0.25, 0.3) is 0 Å². The number of alkyl halides is 6. The number of hydrogen-bond donors (Lipinski definition) is 0. The molecule has 0 spiro atoms. The highest BCUT2D eigenvalue weighted by Crippen LogP contribution is 2.36. The summed E-state index contributed by atoms with van der Waals surface area (Å²) < 4.78 is 70.6. The smallest absolute Gasteiger partial charge is 0.385 e. The lowest BCUT2D eigenvalue weighted by Gasteiger charge is -2.22. The first-order valence-corrected chi connectivity index (χ1v) is 46.8. The molecule has 5 aliphatic rings. The molecule has 0 aromatic heterocycles. The Kier molecular flexibility index (Phi) is 157. The summed E-state index contributed by atoms with van der Waals surface area (Å²) >= 11 is 0. The SMILES string of the molecule is C.C#CCC.C=C(C)CC.C=CCC.CC#CCC.CC(C)C.CC(C)C(C)(C)C.CC(C)C(C)C.CC(C)C(F)(F)F.CC(C)C1CC1.CC(C)CC(C)C.CC1CC1.CC1CCCC1.CC1CCCCC1.CCC(C)(C)C.CCC(C)C.CCC(C)C.CCC(F)(F)F.CCC1CC1.CCCC.CCCC#N.CCCOC. The van der Waals surface area contributed by atoms with Crippen LogP contribution in [0.3, 0.4) is 0 Å². The normalized spacial score (nSPS) is 13.2. The van der Waals surface area contributed by atoms with Crippen molar-refractivity contribution in [3.8, 4) is 30.3 Å². The van der Waals surface area contributed by atoms with Crippen LogP contribution in [0.2, 0.25) is 0 Å². The van der Waals surface area contributed by atoms with Gasteiger partial charge in [0.05, 0.1) is 6.07 Å². The largest absolute Gasteiger partial charge is 0.391 e. The number of halogens is 6. The molecule has 702 valence electrons. The van der Waals surface area contributed by atoms with Gasteiger partial charge in [-0.25, -0.2) is 0 Å². The highest BCUT2D eigenvalue weighted by molar-refractivity contribution is 4.93. The van der Waals surface area contributed by atoms with Crippen molar-refractivity contribution in [2.45, 2.75) is 524 Å². The van der Waals surface area contributed by atoms with E-state index in [4.69, 9.17) is 16.4 Å². The molecular formula is C106H225F6NO. The Morgan fingerprint density at radius 2 is 0.789 bits per heavy atom. The van der Waals surface area contributed by atoms with Crippen molar-refractivity contribution in [1.29, 1.82) is 5.26 Å². The van der Waals surface area contributed by atoms with Gasteiger partial charge >= 0.3 is 12.4 Å². The predicted octanol–water partition coefficient (Wildman–Crippen LogP) is 40.9. The third-order valence-electron chi connectivity index (χ3n) is 17.7. The van der Waals surface area contributed by atoms with E-state index < -0.39 is 24.7 Å². The van der Waals surface area contributed by atoms with Crippen LogP contribution in [0.4, 0.5) is 26.3 Å². The summed E-state index contributed by atoms with van der Waals surface area (Å²) in [4.78, 5) is 0. The molecule has 0 aliphatic heterocycles. The van der Waals surface area contributed by atoms with E-state index in [2.05, 4.69) is 287 Å². The summed E-state index contributed by atoms with van der Waals surface area (Å²) in [6.45, 7) is 104. The van der Waals surface area contributed by atoms with E-state index in [0.717, 1.165) is 149 Å². The van der Waals surface area contributed by atoms with Crippen molar-refractivity contribution in [3.63, 3.8) is 0 Å². The summed E-state index contributed by atoms with van der Waals surface area (Å²) in [5.74, 6) is 20.1. The third-order valence-corrected chi connectivity index (χ3v) is 17.7. The monoisotopic (exact) mass is 1640 g/mol. The minimum Gasteiger partial charge on any atom is -0.385 e. The van der Waals surface area contributed by atoms with E-state index in [0.29, 0.717) is 17.3 Å². The average molecular weight is 1640 g/mol. The molecule has 5 aliphatic carbocycles. The van der Waals surface area contributed by atoms with Crippen molar-refractivity contribution in [2.24, 2.45) is 99.6 Å². The highest BCUT2D eigenvalue weighted by atomic mass is 19.4. The van der Waals surface area contributed by atoms with Crippen molar-refractivity contribution in [1.82, 2.24) is 0 Å². The van der Waals surface area contributed by atoms with Crippen LogP contribution in [0, 0.1) is 135 Å². The molecule has 5 saturated carbocycles. The Morgan fingerprint density at radius 3 is 0.807 bits per heavy atom. The molecule has 114 heavy (non-hydrogen) atoms. The minimum atomic E-state index is -4.00. The molecule has 0 radical (unpaired) electrons. The van der Waals surface area contributed by atoms with Crippen molar-refractivity contribution in [3.05, 3.63) is 24.8 Å². The van der Waals surface area contributed by atoms with Gasteiger partial charge in [-0.3, -0.25) is 0 Å². The summed E-state index contributed by atoms with van der Waals surface area (Å²) in [7, 11) is 1.71. The first kappa shape index (κ1) is 153. The van der Waals surface area contributed by atoms with Crippen LogP contribution in [-0.2, 0) is 4.74 Å². The van der Waals surface area contributed by atoms with E-state index in [1.807, 2.05) is 46.8 Å². The van der Waals surface area contributed by atoms with Crippen LogP contribution in [0.5, 0.6) is 0 Å². The second-order valence-corrected chi connectivity index (χ2v) is 37.4. The van der Waals surface area contributed by atoms with Gasteiger partial charge in [-0.15, -0.1) is 37.3 Å². The molecule has 0 amide bonds. The summed E-state index contributed by atoms with van der Waals surface area (Å²) in [5.41, 5.74) is 2.30. The molecule has 0 heterocycles. The summed E-state index contributed by atoms with van der Waals surface area (Å²) in [6.07, 6.45) is 36.5. The molecule has 0 bridgehead atoms. The van der Waals surface area contributed by atoms with E-state index in [-0.39, 0.29) is 7.43 Å². The first-order chi connectivity index (χ1) is 51.7. The van der Waals surface area contributed by atoms with Crippen LogP contribution >= 0.6 is 0 Å². The van der Waals surface area contributed by atoms with E-state index in [9.17, 15) is 26.3 Å². The second kappa shape index (κ2) is 117. The first-order valence-electron chi connectivity index (χ1n) is 46.8. The number of nitriles is 1. The zero-order valence-electron chi connectivity index (χ0n) is 86.8. The molecule has 0 aromatic carbocycles. The fourth-order valence-corrected chi connectivity index (χ4v) is 5.33. The highest BCUT2D eigenvalue weighted by Gasteiger charge is 2.31. The number of ether oxygens (including phenoxy) is 1. The molecule has 0 saturated heterocycles. The molecule has 2 nitrogen and oxygen atoms in total. The van der Waals surface area contributed by atoms with Gasteiger partial charge < -0.3 is 4.74 Å². The number of rotatable bonds is 13. The van der Waals surface area contributed by atoms with Crippen LogP contribution < -0.4 is 0 Å². The standard InChI is InChI=1S/C7H14.2C7H16.2C6H12.2C6H14.C5H10.2C5H12.C5H10.C5H8.C4H7F3.C4H7N.C4H10O.C4H8.2C4H10.C4H8.C4H6.C3H5F3.CH4/c1-7-5-3-2-4-6-7;1-6(2)7(3,4)5;1-6(2)5-7(3)4;1-5(2)6-3-4-6;1-6-4-2-3-5-6;1-5-6(2,3)4;1-5(2)6(3)4;1-2-5-3-4-5;3*1-4-5(2)3;1-3-5-4-2;1-3(2)4(5,6)7;1-2-3-4-5;1-3-4-5-2;1-4-2-3-4;1-4(2)3;3*1-3-4-2;1-2-3(4,5)6;/h7H,2-6H2,1H3;6H,1-5H3;6-7H,5H2,1-4H3;5-6H,3-4H2,1-2H3;6H,2-5H2,1H3;5H2,1-4H3;5-6H,1-4H3;5H,2-4H2,1H3;2*5H,4H2,1-3H3;2,4H2,1,3H3;3H2,1-2H3;3H,1-2H3;2-3H2,1H3;3-4H2,1-2H3;4H,2-3H2,1H3;4H,1-3H3;3-4H2,1-2H3;3H,1,4H2,2H3;1H,4H2,2H3;2H2,1H3;1H4. The summed E-state index contributed by atoms with van der Waals surface area (Å²) in [6, 6.07) is 2.02. The zero-order chi connectivity index (χ0) is 93.4. The van der Waals surface area contributed by atoms with Crippen LogP contribution in [-0.4, -0.2) is 26.1 Å². The van der Waals surface area contributed by atoms with Gasteiger partial charge in [-0.05, 0) is 152 Å². The van der Waals surface area contributed by atoms with E-state index in [1.165, 1.54) is 147 Å². The van der Waals surface area contributed by atoms with Gasteiger partial charge in [-0.1, -0.05) is 439 Å². The number of hydrogen-bond acceptors (Lipinski definition) is 2. The predicted molar refractivity (Wildman–Crippen MR) is 523 cm³/mol. The zero-order valence-corrected chi connectivity index (χ0v) is 86.8. The molecule has 8 heteroatoms. The Morgan fingerprint density at radius 1 is 0.509 bits per heavy atom. The lowest BCUT2D eigenvalue weighted by Crippen LogP contribution is -2.15. The Bertz CT molecular complexity index is 1700. The van der Waals surface area contributed by atoms with Gasteiger partial charge in [0.2, 0.25) is 0 Å². The number of methoxy groups -OCH3 is 1. The molecule has 5 fully saturated rings. The lowest BCUT2D eigenvalue weighted by atomic mass is 9.84. The minimum absolute atomic E-state index is 0. The number of allylic oxidation sites excluding steroid dienone is 2. The number of terminal acetylenes is 1. The number of nitrogens with zero attached hydrogens (tertiary/aromatic N) is 1. The Labute approximate surface area is 724 Å². The van der Waals surface area contributed by atoms with Gasteiger partial charge in [0.1, 0.15) is 0 Å². The van der Waals surface area contributed by atoms with Crippen molar-refractivity contribution in [2.75, 3.05) is 13.7 Å². The van der Waals surface area contributed by atoms with Gasteiger partial charge in [-0.2, -0.15) is 31.6 Å². The van der Waals surface area contributed by atoms with E-state index >= 15 is 0 Å². The van der Waals surface area contributed by atoms with Crippen molar-refractivity contribution < 1.29 is 31.1 Å². The third kappa shape index (κ3) is 275. The van der Waals surface area contributed by atoms with Gasteiger partial charge in [0.25, 0.3) is 0 Å². The second-order valence-electron chi connectivity index (χ2n) is 37.4. The molecule has 0 unspecified atom stereocenters. The molecule has 0 aromatic rings. The van der Waals surface area contributed by atoms with Gasteiger partial charge in [0.15, 0.2) is 0 Å². The molecule has 5 rings (SSSR count). The van der Waals surface area contributed by atoms with Crippen LogP contribution in [0.15, 0.2) is 24.8 Å². The lowest BCUT2D eigenvalue weighted by molar-refractivity contribution is -0.164. The maximum atomic E-state index is 11.2. The van der Waals surface area contributed by atoms with E-state index in [1.54, 1.807) is 7.11 Å². The number of unbranched alkanes of at least 4 members (excludes halogenated alkanes) is 2. The topological polar surface area (TPSA) is 33.0 Å². The molecular weight excluding hydrogens is 1420 g/mol. The Hall–Kier alpha value is -2.37. The maximum Gasteiger partial charge on any atom is 0.391 e. The maximum absolute atomic E-state index is 11.2.